The first-order chi connectivity index (χ1) is 8.60. The number of nitrogens with one attached hydrogen (secondary N) is 1. The lowest BCUT2D eigenvalue weighted by Crippen LogP contribution is -1.97. The van der Waals surface area contributed by atoms with Crippen molar-refractivity contribution in [2.45, 2.75) is 0 Å². The van der Waals surface area contributed by atoms with Crippen LogP contribution in [0.3, 0.4) is 0 Å². The van der Waals surface area contributed by atoms with Crippen molar-refractivity contribution in [3.8, 4) is 5.75 Å². The Morgan fingerprint density at radius 3 is 2.50 bits per heavy atom. The van der Waals surface area contributed by atoms with Crippen LogP contribution in [0.5, 0.6) is 5.75 Å². The topological polar surface area (TPSA) is 47.3 Å². The molecule has 0 aromatic heterocycles. The van der Waals surface area contributed by atoms with Gasteiger partial charge in [-0.3, -0.25) is 0 Å². The molecule has 0 bridgehead atoms. The molecular weight excluding hydrogens is 271 g/mol. The Labute approximate surface area is 115 Å². The van der Waals surface area contributed by atoms with Crippen molar-refractivity contribution in [3.63, 3.8) is 0 Å². The van der Waals surface area contributed by atoms with Gasteiger partial charge in [-0.05, 0) is 30.3 Å². The van der Waals surface area contributed by atoms with Gasteiger partial charge >= 0.3 is 0 Å². The number of nitrogens with two attached hydrogens (primary N) is 1. The molecule has 0 saturated carbocycles. The fourth-order valence-electron chi connectivity index (χ4n) is 1.51. The highest BCUT2D eigenvalue weighted by Gasteiger charge is 2.05. The SMILES string of the molecule is COc1ccc(N)c(Nc2ccc(Cl)cc2Cl)c1. The van der Waals surface area contributed by atoms with Gasteiger partial charge in [-0.15, -0.1) is 0 Å². The van der Waals surface area contributed by atoms with Gasteiger partial charge in [0.05, 0.1) is 29.2 Å². The second-order valence-corrected chi connectivity index (χ2v) is 4.55. The monoisotopic (exact) mass is 282 g/mol. The van der Waals surface area contributed by atoms with Crippen molar-refractivity contribution in [2.75, 3.05) is 18.2 Å². The van der Waals surface area contributed by atoms with Gasteiger partial charge in [-0.2, -0.15) is 0 Å². The van der Waals surface area contributed by atoms with Crippen molar-refractivity contribution < 1.29 is 4.74 Å². The van der Waals surface area contributed by atoms with E-state index in [1.54, 1.807) is 43.5 Å². The molecule has 0 aliphatic carbocycles. The Morgan fingerprint density at radius 1 is 1.06 bits per heavy atom. The molecular formula is C13H12Cl2N2O. The summed E-state index contributed by atoms with van der Waals surface area (Å²) in [7, 11) is 1.60. The lowest BCUT2D eigenvalue weighted by molar-refractivity contribution is 0.415. The number of ether oxygens (including phenoxy) is 1. The van der Waals surface area contributed by atoms with Crippen molar-refractivity contribution in [1.82, 2.24) is 0 Å². The maximum absolute atomic E-state index is 6.09. The zero-order chi connectivity index (χ0) is 13.1. The Balaban J connectivity index is 2.33. The Hall–Kier alpha value is -1.58. The van der Waals surface area contributed by atoms with Gasteiger partial charge in [0.1, 0.15) is 5.75 Å². The highest BCUT2D eigenvalue weighted by Crippen LogP contribution is 2.32. The van der Waals surface area contributed by atoms with E-state index in [0.29, 0.717) is 15.7 Å². The van der Waals surface area contributed by atoms with Crippen LogP contribution in [0.1, 0.15) is 0 Å². The number of anilines is 3. The van der Waals surface area contributed by atoms with Crippen molar-refractivity contribution >= 4 is 40.3 Å². The molecule has 0 heterocycles. The van der Waals surface area contributed by atoms with Crippen molar-refractivity contribution in [2.24, 2.45) is 0 Å². The van der Waals surface area contributed by atoms with Crippen LogP contribution in [0.15, 0.2) is 36.4 Å². The third-order valence-electron chi connectivity index (χ3n) is 2.46. The van der Waals surface area contributed by atoms with Crippen LogP contribution in [-0.2, 0) is 0 Å². The Kier molecular flexibility index (Phi) is 3.84. The average molecular weight is 283 g/mol. The van der Waals surface area contributed by atoms with Crippen LogP contribution in [0, 0.1) is 0 Å². The third-order valence-corrected chi connectivity index (χ3v) is 3.01. The predicted octanol–water partition coefficient (Wildman–Crippen LogP) is 4.33. The maximum Gasteiger partial charge on any atom is 0.121 e. The second kappa shape index (κ2) is 5.38. The van der Waals surface area contributed by atoms with Crippen molar-refractivity contribution in [1.29, 1.82) is 0 Å². The van der Waals surface area contributed by atoms with E-state index in [0.717, 1.165) is 17.1 Å². The molecule has 0 aliphatic heterocycles. The Bertz CT molecular complexity index is 573. The maximum atomic E-state index is 6.09. The van der Waals surface area contributed by atoms with E-state index in [4.69, 9.17) is 33.7 Å². The first-order valence-corrected chi connectivity index (χ1v) is 6.01. The fraction of sp³-hybridized carbons (Fsp3) is 0.0769. The van der Waals surface area contributed by atoms with E-state index >= 15 is 0 Å². The first kappa shape index (κ1) is 12.9. The Morgan fingerprint density at radius 2 is 1.83 bits per heavy atom. The number of methoxy groups -OCH3 is 1. The first-order valence-electron chi connectivity index (χ1n) is 5.26. The summed E-state index contributed by atoms with van der Waals surface area (Å²) in [6, 6.07) is 10.6. The van der Waals surface area contributed by atoms with Gasteiger partial charge < -0.3 is 15.8 Å². The van der Waals surface area contributed by atoms with Gasteiger partial charge in [-0.1, -0.05) is 23.2 Å². The van der Waals surface area contributed by atoms with Crippen LogP contribution in [0.2, 0.25) is 10.0 Å². The van der Waals surface area contributed by atoms with Crippen LogP contribution in [-0.4, -0.2) is 7.11 Å². The molecule has 2 aromatic carbocycles. The van der Waals surface area contributed by atoms with Gasteiger partial charge in [-0.25, -0.2) is 0 Å². The summed E-state index contributed by atoms with van der Waals surface area (Å²) < 4.78 is 5.15. The molecule has 2 rings (SSSR count). The number of hydrogen-bond donors (Lipinski definition) is 2. The summed E-state index contributed by atoms with van der Waals surface area (Å²) >= 11 is 11.9. The normalized spacial score (nSPS) is 10.2. The standard InChI is InChI=1S/C13H12Cl2N2O/c1-18-9-3-4-11(16)13(7-9)17-12-5-2-8(14)6-10(12)15/h2-7,17H,16H2,1H3. The molecule has 2 aromatic rings. The average Bonchev–Trinajstić information content (AvgIpc) is 2.35. The summed E-state index contributed by atoms with van der Waals surface area (Å²) in [5.74, 6) is 0.719. The summed E-state index contributed by atoms with van der Waals surface area (Å²) in [4.78, 5) is 0. The lowest BCUT2D eigenvalue weighted by atomic mass is 10.2. The molecule has 0 spiro atoms. The fourth-order valence-corrected chi connectivity index (χ4v) is 1.96. The molecule has 5 heteroatoms. The molecule has 3 nitrogen and oxygen atoms in total. The van der Waals surface area contributed by atoms with Crippen LogP contribution in [0.25, 0.3) is 0 Å². The van der Waals surface area contributed by atoms with Gasteiger partial charge in [0, 0.05) is 11.1 Å². The minimum absolute atomic E-state index is 0.532. The van der Waals surface area contributed by atoms with Gasteiger partial charge in [0.25, 0.3) is 0 Å². The van der Waals surface area contributed by atoms with Crippen molar-refractivity contribution in [3.05, 3.63) is 46.4 Å². The number of rotatable bonds is 3. The summed E-state index contributed by atoms with van der Waals surface area (Å²) in [5, 5.41) is 4.27. The van der Waals surface area contributed by atoms with Crippen LogP contribution < -0.4 is 15.8 Å². The summed E-state index contributed by atoms with van der Waals surface area (Å²) in [5.41, 5.74) is 7.97. The van der Waals surface area contributed by atoms with E-state index in [1.807, 2.05) is 0 Å². The zero-order valence-corrected chi connectivity index (χ0v) is 11.2. The highest BCUT2D eigenvalue weighted by atomic mass is 35.5. The van der Waals surface area contributed by atoms with Gasteiger partial charge in [0.15, 0.2) is 0 Å². The third kappa shape index (κ3) is 2.81. The van der Waals surface area contributed by atoms with E-state index in [2.05, 4.69) is 5.32 Å². The molecule has 0 radical (unpaired) electrons. The van der Waals surface area contributed by atoms with E-state index in [9.17, 15) is 0 Å². The molecule has 0 atom stereocenters. The second-order valence-electron chi connectivity index (χ2n) is 3.70. The smallest absolute Gasteiger partial charge is 0.121 e. The summed E-state index contributed by atoms with van der Waals surface area (Å²) in [6.07, 6.45) is 0. The minimum Gasteiger partial charge on any atom is -0.497 e. The highest BCUT2D eigenvalue weighted by molar-refractivity contribution is 6.36. The van der Waals surface area contributed by atoms with E-state index in [1.165, 1.54) is 0 Å². The summed E-state index contributed by atoms with van der Waals surface area (Å²) in [6.45, 7) is 0. The largest absolute Gasteiger partial charge is 0.497 e. The number of benzene rings is 2. The van der Waals surface area contributed by atoms with Crippen LogP contribution >= 0.6 is 23.2 Å². The quantitative estimate of drug-likeness (QED) is 0.824. The molecule has 0 unspecified atom stereocenters. The van der Waals surface area contributed by atoms with E-state index < -0.39 is 0 Å². The molecule has 0 aliphatic rings. The number of nitrogen functional groups attached to an aromatic ring is 1. The predicted molar refractivity (Wildman–Crippen MR) is 77.2 cm³/mol. The molecule has 0 saturated heterocycles. The molecule has 18 heavy (non-hydrogen) atoms. The van der Waals surface area contributed by atoms with Crippen LogP contribution in [0.4, 0.5) is 17.1 Å². The molecule has 94 valence electrons. The number of hydrogen-bond acceptors (Lipinski definition) is 3. The molecule has 0 fully saturated rings. The minimum atomic E-state index is 0.532. The van der Waals surface area contributed by atoms with E-state index in [-0.39, 0.29) is 0 Å². The lowest BCUT2D eigenvalue weighted by Gasteiger charge is -2.12. The molecule has 0 amide bonds. The molecule has 3 N–H and O–H groups in total. The van der Waals surface area contributed by atoms with Gasteiger partial charge in [0.2, 0.25) is 0 Å². The number of halogens is 2. The zero-order valence-electron chi connectivity index (χ0n) is 9.71.